The van der Waals surface area contributed by atoms with Crippen LogP contribution in [0.5, 0.6) is 0 Å². The van der Waals surface area contributed by atoms with E-state index in [2.05, 4.69) is 37.5 Å². The molecular formula is C13H30N4. The molecule has 0 unspecified atom stereocenters. The van der Waals surface area contributed by atoms with E-state index in [1.807, 2.05) is 0 Å². The van der Waals surface area contributed by atoms with E-state index in [4.69, 9.17) is 11.1 Å². The average Bonchev–Trinajstić information content (AvgIpc) is 2.26. The summed E-state index contributed by atoms with van der Waals surface area (Å²) >= 11 is 0. The largest absolute Gasteiger partial charge is 0.388 e. The minimum absolute atomic E-state index is 0.293. The van der Waals surface area contributed by atoms with Crippen molar-refractivity contribution in [2.45, 2.75) is 34.1 Å². The fourth-order valence-electron chi connectivity index (χ4n) is 1.91. The number of rotatable bonds is 10. The van der Waals surface area contributed by atoms with Gasteiger partial charge in [0.05, 0.1) is 5.84 Å². The molecule has 0 aromatic rings. The Balaban J connectivity index is 4.03. The van der Waals surface area contributed by atoms with Gasteiger partial charge >= 0.3 is 0 Å². The standard InChI is InChI=1S/C13H30N4/c1-5-16(6-2)9-10-17(11-12(3)4)8-7-13(14)15/h12H,5-11H2,1-4H3,(H3,14,15). The SMILES string of the molecule is CCN(CC)CCN(CCC(=N)N)CC(C)C. The molecule has 102 valence electrons. The number of hydrogen-bond acceptors (Lipinski definition) is 3. The number of nitrogens with two attached hydrogens (primary N) is 1. The van der Waals surface area contributed by atoms with E-state index in [9.17, 15) is 0 Å². The maximum atomic E-state index is 7.30. The van der Waals surface area contributed by atoms with E-state index in [0.29, 0.717) is 18.2 Å². The molecule has 3 N–H and O–H groups in total. The maximum absolute atomic E-state index is 7.30. The van der Waals surface area contributed by atoms with Crippen LogP contribution in [0.25, 0.3) is 0 Å². The highest BCUT2D eigenvalue weighted by Gasteiger charge is 2.09. The van der Waals surface area contributed by atoms with Gasteiger partial charge in [0.2, 0.25) is 0 Å². The van der Waals surface area contributed by atoms with Gasteiger partial charge in [-0.25, -0.2) is 0 Å². The van der Waals surface area contributed by atoms with Crippen molar-refractivity contribution in [2.24, 2.45) is 11.7 Å². The Morgan fingerprint density at radius 1 is 1.06 bits per heavy atom. The van der Waals surface area contributed by atoms with Gasteiger partial charge < -0.3 is 15.5 Å². The highest BCUT2D eigenvalue weighted by Crippen LogP contribution is 2.01. The van der Waals surface area contributed by atoms with Crippen LogP contribution in [-0.2, 0) is 0 Å². The minimum atomic E-state index is 0.293. The van der Waals surface area contributed by atoms with Crippen LogP contribution < -0.4 is 5.73 Å². The van der Waals surface area contributed by atoms with Gasteiger partial charge in [0.25, 0.3) is 0 Å². The molecule has 17 heavy (non-hydrogen) atoms. The fraction of sp³-hybridized carbons (Fsp3) is 0.923. The zero-order chi connectivity index (χ0) is 13.3. The average molecular weight is 242 g/mol. The molecule has 0 amide bonds. The van der Waals surface area contributed by atoms with E-state index in [0.717, 1.165) is 39.3 Å². The first-order valence-corrected chi connectivity index (χ1v) is 6.77. The monoisotopic (exact) mass is 242 g/mol. The van der Waals surface area contributed by atoms with Crippen LogP contribution in [0.3, 0.4) is 0 Å². The number of amidine groups is 1. The molecule has 0 aliphatic rings. The summed E-state index contributed by atoms with van der Waals surface area (Å²) in [5.74, 6) is 0.959. The van der Waals surface area contributed by atoms with Crippen LogP contribution in [0.4, 0.5) is 0 Å². The third-order valence-corrected chi connectivity index (χ3v) is 2.95. The quantitative estimate of drug-likeness (QED) is 0.452. The summed E-state index contributed by atoms with van der Waals surface area (Å²) < 4.78 is 0. The molecule has 0 bridgehead atoms. The Hall–Kier alpha value is -0.610. The predicted octanol–water partition coefficient (Wildman–Crippen LogP) is 1.61. The van der Waals surface area contributed by atoms with Gasteiger partial charge in [-0.1, -0.05) is 27.7 Å². The Labute approximate surface area is 107 Å². The summed E-state index contributed by atoms with van der Waals surface area (Å²) in [6, 6.07) is 0. The normalized spacial score (nSPS) is 11.7. The van der Waals surface area contributed by atoms with Crippen LogP contribution in [0.2, 0.25) is 0 Å². The van der Waals surface area contributed by atoms with E-state index in [1.165, 1.54) is 0 Å². The van der Waals surface area contributed by atoms with Crippen LogP contribution >= 0.6 is 0 Å². The molecule has 4 heteroatoms. The maximum Gasteiger partial charge on any atom is 0.0918 e. The number of nitrogens with one attached hydrogen (secondary N) is 1. The van der Waals surface area contributed by atoms with Gasteiger partial charge in [0.1, 0.15) is 0 Å². The van der Waals surface area contributed by atoms with E-state index >= 15 is 0 Å². The molecule has 0 fully saturated rings. The first-order chi connectivity index (χ1) is 7.99. The molecule has 0 rings (SSSR count). The second kappa shape index (κ2) is 9.42. The van der Waals surface area contributed by atoms with Crippen molar-refractivity contribution in [2.75, 3.05) is 39.3 Å². The molecule has 4 nitrogen and oxygen atoms in total. The summed E-state index contributed by atoms with van der Waals surface area (Å²) in [5, 5.41) is 7.30. The molecule has 0 radical (unpaired) electrons. The smallest absolute Gasteiger partial charge is 0.0918 e. The molecule has 0 aliphatic heterocycles. The van der Waals surface area contributed by atoms with Crippen molar-refractivity contribution < 1.29 is 0 Å². The van der Waals surface area contributed by atoms with Gasteiger partial charge in [0, 0.05) is 32.6 Å². The summed E-state index contributed by atoms with van der Waals surface area (Å²) in [5.41, 5.74) is 5.43. The summed E-state index contributed by atoms with van der Waals surface area (Å²) in [4.78, 5) is 4.85. The fourth-order valence-corrected chi connectivity index (χ4v) is 1.91. The summed E-state index contributed by atoms with van der Waals surface area (Å²) in [6.07, 6.45) is 0.685. The van der Waals surface area contributed by atoms with E-state index < -0.39 is 0 Å². The highest BCUT2D eigenvalue weighted by atomic mass is 15.2. The van der Waals surface area contributed by atoms with Crippen molar-refractivity contribution in [3.05, 3.63) is 0 Å². The van der Waals surface area contributed by atoms with Crippen molar-refractivity contribution in [1.29, 1.82) is 5.41 Å². The molecular weight excluding hydrogens is 212 g/mol. The van der Waals surface area contributed by atoms with Gasteiger partial charge in [-0.2, -0.15) is 0 Å². The Bertz CT molecular complexity index is 200. The lowest BCUT2D eigenvalue weighted by atomic mass is 10.2. The first kappa shape index (κ1) is 16.4. The van der Waals surface area contributed by atoms with Crippen molar-refractivity contribution in [3.8, 4) is 0 Å². The number of likely N-dealkylation sites (N-methyl/N-ethyl adjacent to an activating group) is 1. The molecule has 0 spiro atoms. The molecule has 0 saturated carbocycles. The lowest BCUT2D eigenvalue weighted by Crippen LogP contribution is -2.38. The van der Waals surface area contributed by atoms with Gasteiger partial charge in [-0.3, -0.25) is 5.41 Å². The Kier molecular flexibility index (Phi) is 9.09. The van der Waals surface area contributed by atoms with Crippen LogP contribution in [-0.4, -0.2) is 54.9 Å². The molecule has 0 heterocycles. The minimum Gasteiger partial charge on any atom is -0.388 e. The molecule has 0 aromatic heterocycles. The van der Waals surface area contributed by atoms with Gasteiger partial charge in [0.15, 0.2) is 0 Å². The van der Waals surface area contributed by atoms with E-state index in [-0.39, 0.29) is 0 Å². The van der Waals surface area contributed by atoms with Crippen molar-refractivity contribution in [1.82, 2.24) is 9.80 Å². The van der Waals surface area contributed by atoms with E-state index in [1.54, 1.807) is 0 Å². The Morgan fingerprint density at radius 3 is 2.00 bits per heavy atom. The molecule has 0 atom stereocenters. The van der Waals surface area contributed by atoms with Gasteiger partial charge in [-0.15, -0.1) is 0 Å². The van der Waals surface area contributed by atoms with Crippen LogP contribution in [0, 0.1) is 11.3 Å². The zero-order valence-electron chi connectivity index (χ0n) is 12.0. The molecule has 0 saturated heterocycles. The number of hydrogen-bond donors (Lipinski definition) is 2. The second-order valence-electron chi connectivity index (χ2n) is 5.00. The van der Waals surface area contributed by atoms with Crippen molar-refractivity contribution >= 4 is 5.84 Å². The lowest BCUT2D eigenvalue weighted by molar-refractivity contribution is 0.202. The molecule has 0 aromatic carbocycles. The third kappa shape index (κ3) is 9.12. The lowest BCUT2D eigenvalue weighted by Gasteiger charge is -2.27. The third-order valence-electron chi connectivity index (χ3n) is 2.95. The van der Waals surface area contributed by atoms with Crippen molar-refractivity contribution in [3.63, 3.8) is 0 Å². The predicted molar refractivity (Wildman–Crippen MR) is 75.6 cm³/mol. The second-order valence-corrected chi connectivity index (χ2v) is 5.00. The van der Waals surface area contributed by atoms with Crippen LogP contribution in [0.15, 0.2) is 0 Å². The van der Waals surface area contributed by atoms with Crippen LogP contribution in [0.1, 0.15) is 34.1 Å². The highest BCUT2D eigenvalue weighted by molar-refractivity contribution is 5.76. The summed E-state index contributed by atoms with van der Waals surface area (Å²) in [7, 11) is 0. The summed E-state index contributed by atoms with van der Waals surface area (Å²) in [6.45, 7) is 15.3. The zero-order valence-corrected chi connectivity index (χ0v) is 12.0. The number of nitrogens with zero attached hydrogens (tertiary/aromatic N) is 2. The van der Waals surface area contributed by atoms with Gasteiger partial charge in [-0.05, 0) is 19.0 Å². The topological polar surface area (TPSA) is 56.4 Å². The molecule has 0 aliphatic carbocycles. The Morgan fingerprint density at radius 2 is 1.59 bits per heavy atom. The first-order valence-electron chi connectivity index (χ1n) is 6.77.